The third-order valence-corrected chi connectivity index (χ3v) is 4.55. The van der Waals surface area contributed by atoms with E-state index in [2.05, 4.69) is 58.1 Å². The van der Waals surface area contributed by atoms with E-state index in [1.165, 1.54) is 5.56 Å². The van der Waals surface area contributed by atoms with E-state index in [1.807, 2.05) is 19.1 Å². The molecule has 4 heteroatoms. The van der Waals surface area contributed by atoms with Gasteiger partial charge in [0, 0.05) is 16.2 Å². The molecule has 3 aromatic rings. The Hall–Kier alpha value is -2.77. The Labute approximate surface area is 145 Å². The molecule has 0 saturated carbocycles. The SMILES string of the molecule is C#C/C=C(\C=C/C)c1cc2c(Sc3ccc(C)cc3)ncnc2[nH]1. The minimum Gasteiger partial charge on any atom is -0.339 e. The van der Waals surface area contributed by atoms with E-state index in [0.717, 1.165) is 32.2 Å². The number of aromatic nitrogens is 3. The summed E-state index contributed by atoms with van der Waals surface area (Å²) in [5.41, 5.74) is 3.94. The van der Waals surface area contributed by atoms with E-state index in [4.69, 9.17) is 6.42 Å². The second-order valence-electron chi connectivity index (χ2n) is 5.31. The van der Waals surface area contributed by atoms with Gasteiger partial charge in [-0.05, 0) is 38.1 Å². The van der Waals surface area contributed by atoms with Crippen LogP contribution in [0.25, 0.3) is 16.6 Å². The maximum Gasteiger partial charge on any atom is 0.142 e. The molecule has 0 bridgehead atoms. The number of fused-ring (bicyclic) bond motifs is 1. The fourth-order valence-electron chi connectivity index (χ4n) is 2.36. The van der Waals surface area contributed by atoms with Crippen LogP contribution in [0.2, 0.25) is 0 Å². The Morgan fingerprint density at radius 1 is 1.25 bits per heavy atom. The summed E-state index contributed by atoms with van der Waals surface area (Å²) in [5, 5.41) is 1.91. The third kappa shape index (κ3) is 3.42. The number of nitrogens with one attached hydrogen (secondary N) is 1. The molecule has 1 N–H and O–H groups in total. The molecule has 2 heterocycles. The zero-order chi connectivity index (χ0) is 16.9. The van der Waals surface area contributed by atoms with Crippen molar-refractivity contribution in [3.05, 3.63) is 66.1 Å². The van der Waals surface area contributed by atoms with Crippen LogP contribution in [0.1, 0.15) is 18.2 Å². The lowest BCUT2D eigenvalue weighted by molar-refractivity contribution is 1.09. The summed E-state index contributed by atoms with van der Waals surface area (Å²) in [6.07, 6.45) is 12.7. The molecular weight excluding hydrogens is 314 g/mol. The van der Waals surface area contributed by atoms with Crippen molar-refractivity contribution >= 4 is 28.4 Å². The first-order valence-electron chi connectivity index (χ1n) is 7.59. The Balaban J connectivity index is 2.03. The van der Waals surface area contributed by atoms with Crippen molar-refractivity contribution in [2.24, 2.45) is 0 Å². The molecule has 3 rings (SSSR count). The lowest BCUT2D eigenvalue weighted by atomic mass is 10.1. The van der Waals surface area contributed by atoms with Crippen LogP contribution >= 0.6 is 11.8 Å². The van der Waals surface area contributed by atoms with Crippen molar-refractivity contribution < 1.29 is 0 Å². The molecule has 0 unspecified atom stereocenters. The molecule has 24 heavy (non-hydrogen) atoms. The van der Waals surface area contributed by atoms with Gasteiger partial charge in [0.05, 0.1) is 5.39 Å². The van der Waals surface area contributed by atoms with Gasteiger partial charge in [-0.2, -0.15) is 0 Å². The zero-order valence-corrected chi connectivity index (χ0v) is 14.4. The first-order chi connectivity index (χ1) is 11.7. The van der Waals surface area contributed by atoms with Crippen LogP contribution in [0.4, 0.5) is 0 Å². The predicted molar refractivity (Wildman–Crippen MR) is 101 cm³/mol. The van der Waals surface area contributed by atoms with E-state index in [-0.39, 0.29) is 0 Å². The summed E-state index contributed by atoms with van der Waals surface area (Å²) in [6.45, 7) is 4.04. The van der Waals surface area contributed by atoms with Crippen LogP contribution in [0.3, 0.4) is 0 Å². The maximum atomic E-state index is 5.43. The molecule has 0 aliphatic carbocycles. The monoisotopic (exact) mass is 331 g/mol. The van der Waals surface area contributed by atoms with Crippen LogP contribution in [0, 0.1) is 19.3 Å². The molecule has 3 nitrogen and oxygen atoms in total. The van der Waals surface area contributed by atoms with E-state index in [9.17, 15) is 0 Å². The number of nitrogens with zero attached hydrogens (tertiary/aromatic N) is 2. The number of aromatic amines is 1. The van der Waals surface area contributed by atoms with Crippen LogP contribution < -0.4 is 0 Å². The fourth-order valence-corrected chi connectivity index (χ4v) is 3.22. The molecule has 1 aromatic carbocycles. The average Bonchev–Trinajstić information content (AvgIpc) is 3.02. The van der Waals surface area contributed by atoms with Gasteiger partial charge < -0.3 is 4.98 Å². The largest absolute Gasteiger partial charge is 0.339 e. The lowest BCUT2D eigenvalue weighted by Crippen LogP contribution is -1.84. The maximum absolute atomic E-state index is 5.43. The molecule has 2 aromatic heterocycles. The molecule has 118 valence electrons. The van der Waals surface area contributed by atoms with Gasteiger partial charge in [-0.25, -0.2) is 9.97 Å². The number of aryl methyl sites for hydroxylation is 1. The number of hydrogen-bond donors (Lipinski definition) is 1. The number of hydrogen-bond acceptors (Lipinski definition) is 3. The number of H-pyrrole nitrogens is 1. The molecule has 0 atom stereocenters. The third-order valence-electron chi connectivity index (χ3n) is 3.52. The van der Waals surface area contributed by atoms with Gasteiger partial charge in [0.1, 0.15) is 17.0 Å². The Bertz CT molecular complexity index is 957. The van der Waals surface area contributed by atoms with Crippen molar-refractivity contribution in [2.75, 3.05) is 0 Å². The summed E-state index contributed by atoms with van der Waals surface area (Å²) in [4.78, 5) is 13.3. The quantitative estimate of drug-likeness (QED) is 0.415. The highest BCUT2D eigenvalue weighted by molar-refractivity contribution is 7.99. The normalized spacial score (nSPS) is 12.0. The fraction of sp³-hybridized carbons (Fsp3) is 0.100. The summed E-state index contributed by atoms with van der Waals surface area (Å²) < 4.78 is 0. The highest BCUT2D eigenvalue weighted by Crippen LogP contribution is 2.32. The van der Waals surface area contributed by atoms with Crippen LogP contribution in [-0.2, 0) is 0 Å². The smallest absolute Gasteiger partial charge is 0.142 e. The standard InChI is InChI=1S/C20H17N3S/c1-4-6-15(7-5-2)18-12-17-19(23-18)21-13-22-20(17)24-16-10-8-14(3)9-11-16/h1,5-13H,2-3H3,(H,21,22,23)/b7-5-,15-6+. The van der Waals surface area contributed by atoms with E-state index in [1.54, 1.807) is 24.2 Å². The average molecular weight is 331 g/mol. The van der Waals surface area contributed by atoms with Crippen molar-refractivity contribution in [1.29, 1.82) is 0 Å². The van der Waals surface area contributed by atoms with Crippen LogP contribution in [0.15, 0.2) is 64.8 Å². The number of benzene rings is 1. The second-order valence-corrected chi connectivity index (χ2v) is 6.37. The zero-order valence-electron chi connectivity index (χ0n) is 13.6. The minimum atomic E-state index is 0.807. The van der Waals surface area contributed by atoms with Gasteiger partial charge in [-0.3, -0.25) is 0 Å². The number of terminal acetylenes is 1. The molecule has 0 spiro atoms. The summed E-state index contributed by atoms with van der Waals surface area (Å²) in [6, 6.07) is 10.5. The van der Waals surface area contributed by atoms with Gasteiger partial charge in [-0.15, -0.1) is 6.42 Å². The second kappa shape index (κ2) is 7.20. The van der Waals surface area contributed by atoms with Crippen LogP contribution in [0.5, 0.6) is 0 Å². The lowest BCUT2D eigenvalue weighted by Gasteiger charge is -2.02. The van der Waals surface area contributed by atoms with E-state index in [0.29, 0.717) is 0 Å². The van der Waals surface area contributed by atoms with Gasteiger partial charge in [0.15, 0.2) is 0 Å². The highest BCUT2D eigenvalue weighted by Gasteiger charge is 2.11. The van der Waals surface area contributed by atoms with Crippen LogP contribution in [-0.4, -0.2) is 15.0 Å². The minimum absolute atomic E-state index is 0.807. The predicted octanol–water partition coefficient (Wildman–Crippen LogP) is 5.01. The van der Waals surface area contributed by atoms with E-state index < -0.39 is 0 Å². The van der Waals surface area contributed by atoms with Crippen molar-refractivity contribution in [3.8, 4) is 12.3 Å². The molecule has 0 aliphatic heterocycles. The molecule has 0 fully saturated rings. The first-order valence-corrected chi connectivity index (χ1v) is 8.40. The van der Waals surface area contributed by atoms with E-state index >= 15 is 0 Å². The van der Waals surface area contributed by atoms with Gasteiger partial charge in [-0.1, -0.05) is 47.5 Å². The first kappa shape index (κ1) is 16.1. The molecule has 0 amide bonds. The summed E-state index contributed by atoms with van der Waals surface area (Å²) in [7, 11) is 0. The Morgan fingerprint density at radius 2 is 2.04 bits per heavy atom. The number of allylic oxidation sites excluding steroid dienone is 4. The van der Waals surface area contributed by atoms with Gasteiger partial charge >= 0.3 is 0 Å². The highest BCUT2D eigenvalue weighted by atomic mass is 32.2. The summed E-state index contributed by atoms with van der Waals surface area (Å²) in [5.74, 6) is 2.58. The molecule has 0 aliphatic rings. The van der Waals surface area contributed by atoms with Crippen molar-refractivity contribution in [2.45, 2.75) is 23.8 Å². The molecular formula is C20H17N3S. The molecule has 0 radical (unpaired) electrons. The van der Waals surface area contributed by atoms with Gasteiger partial charge in [0.2, 0.25) is 0 Å². The van der Waals surface area contributed by atoms with Crippen molar-refractivity contribution in [1.82, 2.24) is 15.0 Å². The Morgan fingerprint density at radius 3 is 2.75 bits per heavy atom. The van der Waals surface area contributed by atoms with Gasteiger partial charge in [0.25, 0.3) is 0 Å². The Kier molecular flexibility index (Phi) is 4.83. The molecule has 0 saturated heterocycles. The number of rotatable bonds is 4. The summed E-state index contributed by atoms with van der Waals surface area (Å²) >= 11 is 1.63. The van der Waals surface area contributed by atoms with Crippen molar-refractivity contribution in [3.63, 3.8) is 0 Å². The topological polar surface area (TPSA) is 41.6 Å².